The molecule has 96 valence electrons. The normalized spacial score (nSPS) is 19.1. The van der Waals surface area contributed by atoms with E-state index in [2.05, 4.69) is 10.5 Å². The minimum atomic E-state index is -0.618. The van der Waals surface area contributed by atoms with Crippen molar-refractivity contribution in [1.29, 1.82) is 0 Å². The number of ether oxygens (including phenoxy) is 2. The highest BCUT2D eigenvalue weighted by Gasteiger charge is 2.29. The quantitative estimate of drug-likeness (QED) is 0.689. The molecule has 0 aromatic carbocycles. The Kier molecular flexibility index (Phi) is 3.93. The number of carbonyl (C=O) groups excluding carboxylic acids is 2. The van der Waals surface area contributed by atoms with Gasteiger partial charge in [0.1, 0.15) is 18.2 Å². The summed E-state index contributed by atoms with van der Waals surface area (Å²) in [6.45, 7) is 6.60. The van der Waals surface area contributed by atoms with Crippen molar-refractivity contribution in [2.24, 2.45) is 5.16 Å². The van der Waals surface area contributed by atoms with Crippen molar-refractivity contribution in [1.82, 2.24) is 5.32 Å². The number of rotatable bonds is 1. The number of nitrogens with zero attached hydrogens (tertiary/aromatic N) is 1. The number of esters is 1. The van der Waals surface area contributed by atoms with Gasteiger partial charge in [-0.2, -0.15) is 0 Å². The number of hydrogen-bond acceptors (Lipinski definition) is 6. The van der Waals surface area contributed by atoms with E-state index in [-0.39, 0.29) is 12.5 Å². The largest absolute Gasteiger partial charge is 0.444 e. The maximum Gasteiger partial charge on any atom is 0.408 e. The Labute approximate surface area is 99.1 Å². The average molecular weight is 244 g/mol. The van der Waals surface area contributed by atoms with Crippen molar-refractivity contribution in [3.05, 3.63) is 0 Å². The summed E-state index contributed by atoms with van der Waals surface area (Å²) in [5, 5.41) is 6.01. The van der Waals surface area contributed by atoms with Crippen LogP contribution in [0.1, 0.15) is 27.7 Å². The standard InChI is InChI=1S/C10H16N2O5/c1-6(13)16-8-7(5-15-12-8)11-9(14)17-10(2,3)4/h7H,5H2,1-4H3,(H,11,14). The van der Waals surface area contributed by atoms with Gasteiger partial charge >= 0.3 is 12.1 Å². The first-order valence-corrected chi connectivity index (χ1v) is 5.16. The van der Waals surface area contributed by atoms with Crippen molar-refractivity contribution in [3.8, 4) is 0 Å². The fraction of sp³-hybridized carbons (Fsp3) is 0.700. The second kappa shape index (κ2) is 5.03. The Bertz CT molecular complexity index is 345. The molecule has 0 aromatic rings. The lowest BCUT2D eigenvalue weighted by atomic mass is 10.2. The molecule has 1 N–H and O–H groups in total. The van der Waals surface area contributed by atoms with Crippen LogP contribution in [0, 0.1) is 0 Å². The third kappa shape index (κ3) is 4.71. The highest BCUT2D eigenvalue weighted by Crippen LogP contribution is 2.09. The van der Waals surface area contributed by atoms with Crippen LogP contribution >= 0.6 is 0 Å². The van der Waals surface area contributed by atoms with Crippen LogP contribution < -0.4 is 5.32 Å². The highest BCUT2D eigenvalue weighted by atomic mass is 16.7. The van der Waals surface area contributed by atoms with Gasteiger partial charge in [0.15, 0.2) is 0 Å². The molecular weight excluding hydrogens is 228 g/mol. The van der Waals surface area contributed by atoms with Gasteiger partial charge in [0.05, 0.1) is 0 Å². The van der Waals surface area contributed by atoms with Crippen LogP contribution in [0.3, 0.4) is 0 Å². The molecule has 17 heavy (non-hydrogen) atoms. The van der Waals surface area contributed by atoms with Gasteiger partial charge in [-0.05, 0) is 25.9 Å². The predicted molar refractivity (Wildman–Crippen MR) is 58.3 cm³/mol. The molecule has 0 spiro atoms. The summed E-state index contributed by atoms with van der Waals surface area (Å²) in [4.78, 5) is 27.0. The minimum absolute atomic E-state index is 0.0309. The summed E-state index contributed by atoms with van der Waals surface area (Å²) >= 11 is 0. The van der Waals surface area contributed by atoms with Gasteiger partial charge in [-0.3, -0.25) is 4.79 Å². The van der Waals surface area contributed by atoms with E-state index in [9.17, 15) is 9.59 Å². The molecule has 7 heteroatoms. The molecule has 1 unspecified atom stereocenters. The van der Waals surface area contributed by atoms with Gasteiger partial charge < -0.3 is 19.6 Å². The Morgan fingerprint density at radius 2 is 2.12 bits per heavy atom. The van der Waals surface area contributed by atoms with Crippen LogP contribution in [0.25, 0.3) is 0 Å². The molecule has 1 rings (SSSR count). The van der Waals surface area contributed by atoms with E-state index in [1.807, 2.05) is 0 Å². The summed E-state index contributed by atoms with van der Waals surface area (Å²) in [5.41, 5.74) is -0.595. The van der Waals surface area contributed by atoms with Gasteiger partial charge in [-0.1, -0.05) is 0 Å². The molecule has 1 atom stereocenters. The zero-order valence-corrected chi connectivity index (χ0v) is 10.3. The lowest BCUT2D eigenvalue weighted by Crippen LogP contribution is -2.44. The monoisotopic (exact) mass is 244 g/mol. The van der Waals surface area contributed by atoms with Crippen LogP contribution in [0.5, 0.6) is 0 Å². The first kappa shape index (κ1) is 13.3. The molecule has 0 radical (unpaired) electrons. The molecule has 1 aliphatic rings. The van der Waals surface area contributed by atoms with Gasteiger partial charge in [0, 0.05) is 6.92 Å². The summed E-state index contributed by atoms with van der Waals surface area (Å²) < 4.78 is 9.82. The van der Waals surface area contributed by atoms with Crippen LogP contribution in [0.4, 0.5) is 4.79 Å². The number of alkyl carbamates (subject to hydrolysis) is 1. The SMILES string of the molecule is CC(=O)OC1=NOCC1NC(=O)OC(C)(C)C. The zero-order chi connectivity index (χ0) is 13.1. The van der Waals surface area contributed by atoms with E-state index < -0.39 is 23.7 Å². The molecule has 7 nitrogen and oxygen atoms in total. The molecule has 0 saturated heterocycles. The van der Waals surface area contributed by atoms with Crippen LogP contribution in [0.2, 0.25) is 0 Å². The Balaban J connectivity index is 2.49. The lowest BCUT2D eigenvalue weighted by Gasteiger charge is -2.21. The number of carbonyl (C=O) groups is 2. The summed E-state index contributed by atoms with van der Waals surface area (Å²) in [5.74, 6) is -0.492. The molecule has 0 saturated carbocycles. The van der Waals surface area contributed by atoms with E-state index in [4.69, 9.17) is 14.3 Å². The highest BCUT2D eigenvalue weighted by molar-refractivity contribution is 5.93. The summed E-state index contributed by atoms with van der Waals surface area (Å²) in [6.07, 6.45) is -0.618. The van der Waals surface area contributed by atoms with Crippen LogP contribution in [0.15, 0.2) is 5.16 Å². The van der Waals surface area contributed by atoms with Crippen LogP contribution in [-0.2, 0) is 19.1 Å². The Hall–Kier alpha value is -1.79. The predicted octanol–water partition coefficient (Wildman–Crippen LogP) is 0.786. The molecular formula is C10H16N2O5. The minimum Gasteiger partial charge on any atom is -0.444 e. The van der Waals surface area contributed by atoms with Gasteiger partial charge in [-0.15, -0.1) is 0 Å². The first-order valence-electron chi connectivity index (χ1n) is 5.16. The smallest absolute Gasteiger partial charge is 0.408 e. The topological polar surface area (TPSA) is 86.2 Å². The molecule has 0 bridgehead atoms. The van der Waals surface area contributed by atoms with Crippen molar-refractivity contribution < 1.29 is 23.9 Å². The Morgan fingerprint density at radius 3 is 2.65 bits per heavy atom. The number of hydrogen-bond donors (Lipinski definition) is 1. The van der Waals surface area contributed by atoms with Gasteiger partial charge in [-0.25, -0.2) is 4.79 Å². The van der Waals surface area contributed by atoms with Crippen molar-refractivity contribution >= 4 is 18.0 Å². The maximum absolute atomic E-state index is 11.5. The first-order chi connectivity index (χ1) is 7.78. The van der Waals surface area contributed by atoms with Gasteiger partial charge in [0.25, 0.3) is 5.90 Å². The lowest BCUT2D eigenvalue weighted by molar-refractivity contribution is -0.133. The molecule has 0 aromatic heterocycles. The Morgan fingerprint density at radius 1 is 1.47 bits per heavy atom. The van der Waals surface area contributed by atoms with E-state index in [0.29, 0.717) is 0 Å². The van der Waals surface area contributed by atoms with Crippen LogP contribution in [-0.4, -0.2) is 36.2 Å². The van der Waals surface area contributed by atoms with Crippen molar-refractivity contribution in [3.63, 3.8) is 0 Å². The second-order valence-electron chi connectivity index (χ2n) is 4.52. The van der Waals surface area contributed by atoms with Crippen molar-refractivity contribution in [2.45, 2.75) is 39.3 Å². The molecule has 1 aliphatic heterocycles. The van der Waals surface area contributed by atoms with E-state index in [1.54, 1.807) is 20.8 Å². The molecule has 0 fully saturated rings. The van der Waals surface area contributed by atoms with Gasteiger partial charge in [0.2, 0.25) is 0 Å². The summed E-state index contributed by atoms with van der Waals surface area (Å²) in [6, 6.07) is -0.603. The molecule has 1 amide bonds. The maximum atomic E-state index is 11.5. The average Bonchev–Trinajstić information content (AvgIpc) is 2.47. The number of oxime groups is 1. The molecule has 1 heterocycles. The van der Waals surface area contributed by atoms with E-state index in [0.717, 1.165) is 0 Å². The van der Waals surface area contributed by atoms with Crippen molar-refractivity contribution in [2.75, 3.05) is 6.61 Å². The summed E-state index contributed by atoms with van der Waals surface area (Å²) in [7, 11) is 0. The van der Waals surface area contributed by atoms with E-state index in [1.165, 1.54) is 6.92 Å². The zero-order valence-electron chi connectivity index (χ0n) is 10.3. The molecule has 0 aliphatic carbocycles. The number of nitrogens with one attached hydrogen (secondary N) is 1. The fourth-order valence-corrected chi connectivity index (χ4v) is 1.10. The fourth-order valence-electron chi connectivity index (χ4n) is 1.10. The number of amides is 1. The second-order valence-corrected chi connectivity index (χ2v) is 4.52. The third-order valence-corrected chi connectivity index (χ3v) is 1.63. The van der Waals surface area contributed by atoms with E-state index >= 15 is 0 Å². The third-order valence-electron chi connectivity index (χ3n) is 1.63.